The standard InChI is InChI=1S/C22H25N3O6S/c26-21(8-11-23-32(28,29)18-4-2-1-3-5-18)25-12-9-16(10-13-25)22(27)24-17-6-7-19-20(14-17)31-15-30-19/h1-7,14,16,23H,8-13,15H2,(H,24,27). The first-order valence-corrected chi connectivity index (χ1v) is 11.9. The Bertz CT molecular complexity index is 1080. The lowest BCUT2D eigenvalue weighted by atomic mass is 9.95. The molecule has 32 heavy (non-hydrogen) atoms. The van der Waals surface area contributed by atoms with Crippen LogP contribution in [-0.2, 0) is 19.6 Å². The molecule has 1 saturated heterocycles. The summed E-state index contributed by atoms with van der Waals surface area (Å²) in [5, 5.41) is 2.90. The van der Waals surface area contributed by atoms with Crippen molar-refractivity contribution in [2.45, 2.75) is 24.2 Å². The van der Waals surface area contributed by atoms with E-state index in [1.807, 2.05) is 0 Å². The van der Waals surface area contributed by atoms with Gasteiger partial charge in [-0.2, -0.15) is 0 Å². The average molecular weight is 460 g/mol. The van der Waals surface area contributed by atoms with Crippen LogP contribution in [0, 0.1) is 5.92 Å². The molecule has 2 aromatic rings. The molecule has 2 N–H and O–H groups in total. The number of fused-ring (bicyclic) bond motifs is 1. The Hall–Kier alpha value is -3.11. The van der Waals surface area contributed by atoms with Gasteiger partial charge in [0, 0.05) is 43.7 Å². The fraction of sp³-hybridized carbons (Fsp3) is 0.364. The molecular weight excluding hydrogens is 434 g/mol. The van der Waals surface area contributed by atoms with Gasteiger partial charge in [0.25, 0.3) is 0 Å². The van der Waals surface area contributed by atoms with Gasteiger partial charge in [-0.05, 0) is 37.1 Å². The van der Waals surface area contributed by atoms with Crippen LogP contribution >= 0.6 is 0 Å². The second-order valence-electron chi connectivity index (χ2n) is 7.67. The van der Waals surface area contributed by atoms with E-state index in [-0.39, 0.29) is 42.4 Å². The maximum Gasteiger partial charge on any atom is 0.240 e. The molecule has 0 aliphatic carbocycles. The van der Waals surface area contributed by atoms with Gasteiger partial charge in [-0.3, -0.25) is 9.59 Å². The summed E-state index contributed by atoms with van der Waals surface area (Å²) >= 11 is 0. The number of likely N-dealkylation sites (tertiary alicyclic amines) is 1. The zero-order valence-corrected chi connectivity index (χ0v) is 18.3. The van der Waals surface area contributed by atoms with E-state index in [2.05, 4.69) is 10.0 Å². The van der Waals surface area contributed by atoms with E-state index in [9.17, 15) is 18.0 Å². The topological polar surface area (TPSA) is 114 Å². The maximum atomic E-state index is 12.6. The van der Waals surface area contributed by atoms with Crippen molar-refractivity contribution in [1.82, 2.24) is 9.62 Å². The zero-order valence-electron chi connectivity index (χ0n) is 17.5. The van der Waals surface area contributed by atoms with Crippen molar-refractivity contribution in [3.8, 4) is 11.5 Å². The van der Waals surface area contributed by atoms with E-state index in [0.29, 0.717) is 43.1 Å². The van der Waals surface area contributed by atoms with Gasteiger partial charge in [-0.1, -0.05) is 18.2 Å². The molecule has 2 amide bonds. The van der Waals surface area contributed by atoms with E-state index in [4.69, 9.17) is 9.47 Å². The number of anilines is 1. The van der Waals surface area contributed by atoms with Crippen molar-refractivity contribution in [1.29, 1.82) is 0 Å². The van der Waals surface area contributed by atoms with Gasteiger partial charge in [0.15, 0.2) is 11.5 Å². The minimum atomic E-state index is -3.63. The third-order valence-corrected chi connectivity index (χ3v) is 7.02. The Morgan fingerprint density at radius 3 is 2.47 bits per heavy atom. The molecule has 10 heteroatoms. The summed E-state index contributed by atoms with van der Waals surface area (Å²) in [5.41, 5.74) is 0.642. The number of carbonyl (C=O) groups is 2. The predicted molar refractivity (Wildman–Crippen MR) is 117 cm³/mol. The number of carbonyl (C=O) groups excluding carboxylic acids is 2. The van der Waals surface area contributed by atoms with Crippen LogP contribution < -0.4 is 19.5 Å². The summed E-state index contributed by atoms with van der Waals surface area (Å²) in [6.07, 6.45) is 1.18. The van der Waals surface area contributed by atoms with Crippen molar-refractivity contribution < 1.29 is 27.5 Å². The summed E-state index contributed by atoms with van der Waals surface area (Å²) in [4.78, 5) is 26.9. The Balaban J connectivity index is 1.21. The number of piperidine rings is 1. The molecular formula is C22H25N3O6S. The number of sulfonamides is 1. The van der Waals surface area contributed by atoms with Crippen LogP contribution in [0.25, 0.3) is 0 Å². The van der Waals surface area contributed by atoms with Crippen LogP contribution in [0.2, 0.25) is 0 Å². The SMILES string of the molecule is O=C(Nc1ccc2c(c1)OCO2)C1CCN(C(=O)CCNS(=O)(=O)c2ccccc2)CC1. The van der Waals surface area contributed by atoms with Crippen LogP contribution in [0.3, 0.4) is 0 Å². The molecule has 0 saturated carbocycles. The first kappa shape index (κ1) is 22.1. The summed E-state index contributed by atoms with van der Waals surface area (Å²) in [6, 6.07) is 13.3. The molecule has 0 radical (unpaired) electrons. The minimum Gasteiger partial charge on any atom is -0.454 e. The Morgan fingerprint density at radius 1 is 1.00 bits per heavy atom. The van der Waals surface area contributed by atoms with Crippen LogP contribution in [0.4, 0.5) is 5.69 Å². The van der Waals surface area contributed by atoms with E-state index < -0.39 is 10.0 Å². The van der Waals surface area contributed by atoms with Gasteiger partial charge in [0.1, 0.15) is 0 Å². The molecule has 2 aromatic carbocycles. The second-order valence-corrected chi connectivity index (χ2v) is 9.44. The molecule has 2 heterocycles. The monoisotopic (exact) mass is 459 g/mol. The molecule has 0 spiro atoms. The average Bonchev–Trinajstić information content (AvgIpc) is 3.27. The van der Waals surface area contributed by atoms with Gasteiger partial charge < -0.3 is 19.7 Å². The smallest absolute Gasteiger partial charge is 0.240 e. The molecule has 1 fully saturated rings. The molecule has 0 aromatic heterocycles. The molecule has 0 unspecified atom stereocenters. The van der Waals surface area contributed by atoms with E-state index in [0.717, 1.165) is 0 Å². The third-order valence-electron chi connectivity index (χ3n) is 5.54. The lowest BCUT2D eigenvalue weighted by Crippen LogP contribution is -2.42. The highest BCUT2D eigenvalue weighted by Crippen LogP contribution is 2.34. The Kier molecular flexibility index (Phi) is 6.61. The van der Waals surface area contributed by atoms with Crippen LogP contribution in [0.5, 0.6) is 11.5 Å². The first-order valence-electron chi connectivity index (χ1n) is 10.5. The van der Waals surface area contributed by atoms with Crippen molar-refractivity contribution >= 4 is 27.5 Å². The van der Waals surface area contributed by atoms with Gasteiger partial charge in [-0.15, -0.1) is 0 Å². The van der Waals surface area contributed by atoms with Crippen LogP contribution in [0.15, 0.2) is 53.4 Å². The van der Waals surface area contributed by atoms with E-state index in [1.54, 1.807) is 41.3 Å². The van der Waals surface area contributed by atoms with Crippen molar-refractivity contribution in [2.24, 2.45) is 5.92 Å². The first-order chi connectivity index (χ1) is 15.4. The summed E-state index contributed by atoms with van der Waals surface area (Å²) in [5.74, 6) is 0.843. The van der Waals surface area contributed by atoms with Gasteiger partial charge in [-0.25, -0.2) is 13.1 Å². The maximum absolute atomic E-state index is 12.6. The number of hydrogen-bond acceptors (Lipinski definition) is 6. The van der Waals surface area contributed by atoms with Gasteiger partial charge in [0.2, 0.25) is 28.6 Å². The van der Waals surface area contributed by atoms with Crippen molar-refractivity contribution in [3.63, 3.8) is 0 Å². The minimum absolute atomic E-state index is 0.0284. The Labute approximate surface area is 186 Å². The van der Waals surface area contributed by atoms with Crippen LogP contribution in [0.1, 0.15) is 19.3 Å². The molecule has 170 valence electrons. The number of rotatable bonds is 7. The predicted octanol–water partition coefficient (Wildman–Crippen LogP) is 1.96. The third kappa shape index (κ3) is 5.20. The number of benzene rings is 2. The van der Waals surface area contributed by atoms with Gasteiger partial charge >= 0.3 is 0 Å². The summed E-state index contributed by atoms with van der Waals surface area (Å²) < 4.78 is 37.5. The second kappa shape index (κ2) is 9.58. The lowest BCUT2D eigenvalue weighted by Gasteiger charge is -2.31. The molecule has 4 rings (SSSR count). The van der Waals surface area contributed by atoms with Crippen molar-refractivity contribution in [3.05, 3.63) is 48.5 Å². The fourth-order valence-electron chi connectivity index (χ4n) is 3.74. The Morgan fingerprint density at radius 2 is 1.72 bits per heavy atom. The molecule has 2 aliphatic heterocycles. The number of hydrogen-bond donors (Lipinski definition) is 2. The molecule has 0 atom stereocenters. The normalized spacial score (nSPS) is 16.1. The van der Waals surface area contributed by atoms with Crippen LogP contribution in [-0.4, -0.2) is 51.6 Å². The number of ether oxygens (including phenoxy) is 2. The lowest BCUT2D eigenvalue weighted by molar-refractivity contribution is -0.134. The molecule has 9 nitrogen and oxygen atoms in total. The highest BCUT2D eigenvalue weighted by atomic mass is 32.2. The summed E-state index contributed by atoms with van der Waals surface area (Å²) in [7, 11) is -3.63. The number of amides is 2. The van der Waals surface area contributed by atoms with Crippen molar-refractivity contribution in [2.75, 3.05) is 31.7 Å². The highest BCUT2D eigenvalue weighted by Gasteiger charge is 2.28. The highest BCUT2D eigenvalue weighted by molar-refractivity contribution is 7.89. The van der Waals surface area contributed by atoms with E-state index >= 15 is 0 Å². The quantitative estimate of drug-likeness (QED) is 0.654. The largest absolute Gasteiger partial charge is 0.454 e. The number of nitrogens with one attached hydrogen (secondary N) is 2. The summed E-state index contributed by atoms with van der Waals surface area (Å²) in [6.45, 7) is 1.13. The zero-order chi connectivity index (χ0) is 22.6. The van der Waals surface area contributed by atoms with Gasteiger partial charge in [0.05, 0.1) is 4.90 Å². The molecule has 0 bridgehead atoms. The fourth-order valence-corrected chi connectivity index (χ4v) is 4.80. The van der Waals surface area contributed by atoms with E-state index in [1.165, 1.54) is 12.1 Å². The molecule has 2 aliphatic rings. The number of nitrogens with zero attached hydrogens (tertiary/aromatic N) is 1.